The van der Waals surface area contributed by atoms with Gasteiger partial charge in [0, 0.05) is 5.69 Å². The summed E-state index contributed by atoms with van der Waals surface area (Å²) in [5, 5.41) is 39.8. The van der Waals surface area contributed by atoms with Crippen LogP contribution in [0.1, 0.15) is 0 Å². The SMILES string of the molecule is Oc1ccc(-n2cnnc2SSc2nnnn2-c2ccc(O)cc2)cc1. The minimum Gasteiger partial charge on any atom is -0.508 e. The summed E-state index contributed by atoms with van der Waals surface area (Å²) < 4.78 is 3.37. The zero-order chi connectivity index (χ0) is 17.9. The molecular weight excluding hydrogens is 374 g/mol. The van der Waals surface area contributed by atoms with E-state index >= 15 is 0 Å². The van der Waals surface area contributed by atoms with Gasteiger partial charge in [-0.15, -0.1) is 15.3 Å². The summed E-state index contributed by atoms with van der Waals surface area (Å²) in [5.74, 6) is 0.367. The van der Waals surface area contributed by atoms with Crippen molar-refractivity contribution in [2.45, 2.75) is 10.3 Å². The number of phenols is 2. The molecule has 0 fully saturated rings. The molecule has 0 saturated carbocycles. The Morgan fingerprint density at radius 3 is 2.04 bits per heavy atom. The van der Waals surface area contributed by atoms with Gasteiger partial charge in [-0.1, -0.05) is 0 Å². The van der Waals surface area contributed by atoms with E-state index in [4.69, 9.17) is 0 Å². The second kappa shape index (κ2) is 7.06. The van der Waals surface area contributed by atoms with Gasteiger partial charge in [-0.05, 0) is 80.5 Å². The van der Waals surface area contributed by atoms with Crippen molar-refractivity contribution in [1.82, 2.24) is 35.0 Å². The second-order valence-electron chi connectivity index (χ2n) is 5.06. The number of tetrazole rings is 1. The van der Waals surface area contributed by atoms with Crippen molar-refractivity contribution in [2.24, 2.45) is 0 Å². The molecule has 2 aromatic heterocycles. The van der Waals surface area contributed by atoms with Crippen LogP contribution in [-0.2, 0) is 0 Å². The third kappa shape index (κ3) is 3.34. The quantitative estimate of drug-likeness (QED) is 0.500. The average molecular weight is 385 g/mol. The van der Waals surface area contributed by atoms with Crippen molar-refractivity contribution in [3.63, 3.8) is 0 Å². The van der Waals surface area contributed by atoms with E-state index in [1.54, 1.807) is 64.1 Å². The van der Waals surface area contributed by atoms with Gasteiger partial charge < -0.3 is 10.2 Å². The molecule has 26 heavy (non-hydrogen) atoms. The van der Waals surface area contributed by atoms with Gasteiger partial charge in [0.15, 0.2) is 0 Å². The second-order valence-corrected chi connectivity index (χ2v) is 7.12. The lowest BCUT2D eigenvalue weighted by Crippen LogP contribution is -1.98. The smallest absolute Gasteiger partial charge is 0.225 e. The maximum absolute atomic E-state index is 9.42. The molecule has 11 heteroatoms. The van der Waals surface area contributed by atoms with E-state index in [0.717, 1.165) is 11.4 Å². The highest BCUT2D eigenvalue weighted by Gasteiger charge is 2.14. The minimum absolute atomic E-state index is 0.174. The molecule has 4 aromatic rings. The molecule has 2 N–H and O–H groups in total. The Balaban J connectivity index is 1.54. The number of benzene rings is 2. The topological polar surface area (TPSA) is 115 Å². The first-order valence-corrected chi connectivity index (χ1v) is 9.47. The summed E-state index contributed by atoms with van der Waals surface area (Å²) in [6.07, 6.45) is 1.60. The first kappa shape index (κ1) is 16.4. The van der Waals surface area contributed by atoms with Crippen LogP contribution in [0.25, 0.3) is 11.4 Å². The maximum atomic E-state index is 9.42. The Bertz CT molecular complexity index is 931. The lowest BCUT2D eigenvalue weighted by Gasteiger charge is -2.06. The number of aromatic hydroxyl groups is 2. The lowest BCUT2D eigenvalue weighted by molar-refractivity contribution is 0.474. The van der Waals surface area contributed by atoms with Crippen LogP contribution >= 0.6 is 21.6 Å². The first-order chi connectivity index (χ1) is 12.7. The number of hydrogen-bond donors (Lipinski definition) is 2. The van der Waals surface area contributed by atoms with E-state index in [-0.39, 0.29) is 11.5 Å². The molecule has 2 heterocycles. The van der Waals surface area contributed by atoms with E-state index in [9.17, 15) is 10.2 Å². The Hall–Kier alpha value is -3.05. The maximum Gasteiger partial charge on any atom is 0.225 e. The summed E-state index contributed by atoms with van der Waals surface area (Å²) in [6, 6.07) is 13.3. The first-order valence-electron chi connectivity index (χ1n) is 7.32. The molecule has 0 radical (unpaired) electrons. The molecule has 0 aliphatic heterocycles. The van der Waals surface area contributed by atoms with Crippen LogP contribution < -0.4 is 0 Å². The number of nitrogens with zero attached hydrogens (tertiary/aromatic N) is 7. The average Bonchev–Trinajstić information content (AvgIpc) is 3.30. The summed E-state index contributed by atoms with van der Waals surface area (Å²) in [4.78, 5) is 0. The molecule has 4 rings (SSSR count). The molecule has 130 valence electrons. The predicted octanol–water partition coefficient (Wildman–Crippen LogP) is 2.45. The molecule has 0 atom stereocenters. The van der Waals surface area contributed by atoms with Crippen LogP contribution in [0.3, 0.4) is 0 Å². The Kier molecular flexibility index (Phi) is 4.46. The van der Waals surface area contributed by atoms with Crippen LogP contribution in [0, 0.1) is 0 Å². The number of hydrogen-bond acceptors (Lipinski definition) is 9. The molecule has 0 amide bonds. The van der Waals surface area contributed by atoms with E-state index < -0.39 is 0 Å². The van der Waals surface area contributed by atoms with Crippen molar-refractivity contribution in [3.05, 3.63) is 54.9 Å². The normalized spacial score (nSPS) is 10.9. The number of aromatic nitrogens is 7. The zero-order valence-corrected chi connectivity index (χ0v) is 14.7. The van der Waals surface area contributed by atoms with Gasteiger partial charge in [0.1, 0.15) is 17.8 Å². The molecule has 0 saturated heterocycles. The standard InChI is InChI=1S/C15H11N7O2S2/c23-12-5-1-10(2-6-12)21-9-16-17-14(21)25-26-15-18-19-20-22(15)11-3-7-13(24)8-4-11/h1-9,23-24H. The van der Waals surface area contributed by atoms with Gasteiger partial charge >= 0.3 is 0 Å². The van der Waals surface area contributed by atoms with Gasteiger partial charge in [0.05, 0.1) is 5.69 Å². The summed E-state index contributed by atoms with van der Waals surface area (Å²) in [7, 11) is 2.68. The summed E-state index contributed by atoms with van der Waals surface area (Å²) >= 11 is 0. The highest BCUT2D eigenvalue weighted by molar-refractivity contribution is 8.76. The molecule has 0 spiro atoms. The Labute approximate surface area is 155 Å². The molecule has 0 bridgehead atoms. The van der Waals surface area contributed by atoms with E-state index in [0.29, 0.717) is 10.3 Å². The monoisotopic (exact) mass is 385 g/mol. The van der Waals surface area contributed by atoms with E-state index in [2.05, 4.69) is 25.7 Å². The number of rotatable bonds is 5. The van der Waals surface area contributed by atoms with Crippen LogP contribution in [0.5, 0.6) is 11.5 Å². The van der Waals surface area contributed by atoms with Crippen molar-refractivity contribution in [2.75, 3.05) is 0 Å². The third-order valence-corrected chi connectivity index (χ3v) is 5.43. The lowest BCUT2D eigenvalue weighted by atomic mass is 10.3. The molecule has 0 aliphatic carbocycles. The van der Waals surface area contributed by atoms with Gasteiger partial charge in [-0.2, -0.15) is 4.68 Å². The Morgan fingerprint density at radius 2 is 1.35 bits per heavy atom. The fraction of sp³-hybridized carbons (Fsp3) is 0. The van der Waals surface area contributed by atoms with Crippen molar-refractivity contribution in [1.29, 1.82) is 0 Å². The Morgan fingerprint density at radius 1 is 0.731 bits per heavy atom. The molecule has 2 aromatic carbocycles. The van der Waals surface area contributed by atoms with Crippen LogP contribution in [0.15, 0.2) is 65.2 Å². The van der Waals surface area contributed by atoms with Gasteiger partial charge in [-0.25, -0.2) is 0 Å². The molecule has 0 aliphatic rings. The number of phenolic OH excluding ortho intramolecular Hbond substituents is 2. The largest absolute Gasteiger partial charge is 0.508 e. The van der Waals surface area contributed by atoms with Crippen LogP contribution in [0.2, 0.25) is 0 Å². The van der Waals surface area contributed by atoms with Crippen LogP contribution in [0.4, 0.5) is 0 Å². The van der Waals surface area contributed by atoms with Crippen molar-refractivity contribution < 1.29 is 10.2 Å². The van der Waals surface area contributed by atoms with E-state index in [1.165, 1.54) is 21.6 Å². The molecule has 0 unspecified atom stereocenters. The summed E-state index contributed by atoms with van der Waals surface area (Å²) in [5.41, 5.74) is 1.56. The van der Waals surface area contributed by atoms with Crippen LogP contribution in [-0.4, -0.2) is 45.2 Å². The van der Waals surface area contributed by atoms with Crippen molar-refractivity contribution in [3.8, 4) is 22.9 Å². The van der Waals surface area contributed by atoms with Gasteiger partial charge in [0.2, 0.25) is 10.3 Å². The molecule has 9 nitrogen and oxygen atoms in total. The van der Waals surface area contributed by atoms with Crippen molar-refractivity contribution >= 4 is 21.6 Å². The van der Waals surface area contributed by atoms with E-state index in [1.807, 2.05) is 0 Å². The fourth-order valence-electron chi connectivity index (χ4n) is 2.13. The third-order valence-electron chi connectivity index (χ3n) is 3.37. The highest BCUT2D eigenvalue weighted by Crippen LogP contribution is 2.36. The van der Waals surface area contributed by atoms with Gasteiger partial charge in [0.25, 0.3) is 0 Å². The predicted molar refractivity (Wildman–Crippen MR) is 95.6 cm³/mol. The molecular formula is C15H11N7O2S2. The van der Waals surface area contributed by atoms with Gasteiger partial charge in [-0.3, -0.25) is 4.57 Å². The fourth-order valence-corrected chi connectivity index (χ4v) is 3.98. The minimum atomic E-state index is 0.174. The summed E-state index contributed by atoms with van der Waals surface area (Å²) in [6.45, 7) is 0. The zero-order valence-electron chi connectivity index (χ0n) is 13.0. The highest BCUT2D eigenvalue weighted by atomic mass is 33.1.